The van der Waals surface area contributed by atoms with Crippen molar-refractivity contribution in [3.05, 3.63) is 88.8 Å². The summed E-state index contributed by atoms with van der Waals surface area (Å²) >= 11 is 1.17. The third kappa shape index (κ3) is 4.27. The Morgan fingerprint density at radius 1 is 1.00 bits per heavy atom. The van der Waals surface area contributed by atoms with Crippen LogP contribution in [0.5, 0.6) is 0 Å². The molecule has 2 heterocycles. The van der Waals surface area contributed by atoms with Crippen LogP contribution in [0.25, 0.3) is 0 Å². The van der Waals surface area contributed by atoms with Gasteiger partial charge in [0.2, 0.25) is 5.91 Å². The van der Waals surface area contributed by atoms with Crippen molar-refractivity contribution < 1.29 is 13.2 Å². The molecule has 0 fully saturated rings. The first-order valence-corrected chi connectivity index (χ1v) is 11.8. The zero-order valence-corrected chi connectivity index (χ0v) is 17.5. The van der Waals surface area contributed by atoms with Crippen LogP contribution >= 0.6 is 11.3 Å². The van der Waals surface area contributed by atoms with Gasteiger partial charge in [-0.15, -0.1) is 11.3 Å². The molecular weight excluding hydrogens is 404 g/mol. The number of thiophene rings is 1. The fourth-order valence-electron chi connectivity index (χ4n) is 3.59. The number of hydrogen-bond donors (Lipinski definition) is 1. The van der Waals surface area contributed by atoms with Gasteiger partial charge in [-0.05, 0) is 41.0 Å². The van der Waals surface area contributed by atoms with Gasteiger partial charge in [0.25, 0.3) is 10.0 Å². The zero-order valence-electron chi connectivity index (χ0n) is 15.8. The molecule has 0 spiro atoms. The zero-order chi connectivity index (χ0) is 20.3. The molecule has 29 heavy (non-hydrogen) atoms. The summed E-state index contributed by atoms with van der Waals surface area (Å²) in [5.74, 6) is -0.254. The van der Waals surface area contributed by atoms with Crippen LogP contribution in [0.3, 0.4) is 0 Å². The van der Waals surface area contributed by atoms with Crippen molar-refractivity contribution >= 4 is 27.3 Å². The predicted octanol–water partition coefficient (Wildman–Crippen LogP) is 3.22. The molecule has 1 amide bonds. The molecule has 1 aliphatic rings. The van der Waals surface area contributed by atoms with Crippen molar-refractivity contribution in [1.82, 2.24) is 9.62 Å². The number of nitrogens with one attached hydrogen (secondary N) is 1. The molecule has 1 aliphatic heterocycles. The number of fused-ring (bicyclic) bond motifs is 1. The van der Waals surface area contributed by atoms with Crippen LogP contribution in [-0.4, -0.2) is 31.2 Å². The first kappa shape index (κ1) is 19.8. The minimum Gasteiger partial charge on any atom is -0.354 e. The third-order valence-corrected chi connectivity index (χ3v) is 8.35. The second kappa shape index (κ2) is 8.49. The lowest BCUT2D eigenvalue weighted by atomic mass is 9.95. The predicted molar refractivity (Wildman–Crippen MR) is 114 cm³/mol. The molecule has 2 aromatic carbocycles. The van der Waals surface area contributed by atoms with Crippen molar-refractivity contribution in [2.75, 3.05) is 6.54 Å². The Hall–Kier alpha value is -2.48. The minimum absolute atomic E-state index is 0.202. The summed E-state index contributed by atoms with van der Waals surface area (Å²) in [6.45, 7) is 0.668. The number of sulfonamides is 1. The van der Waals surface area contributed by atoms with Crippen molar-refractivity contribution in [2.45, 2.75) is 29.6 Å². The van der Waals surface area contributed by atoms with Gasteiger partial charge in [0, 0.05) is 13.1 Å². The second-order valence-corrected chi connectivity index (χ2v) is 10.1. The number of amides is 1. The lowest BCUT2D eigenvalue weighted by Crippen LogP contribution is -2.52. The van der Waals surface area contributed by atoms with E-state index in [2.05, 4.69) is 5.32 Å². The smallest absolute Gasteiger partial charge is 0.253 e. The molecule has 1 aromatic heterocycles. The number of nitrogens with zero attached hydrogens (tertiary/aromatic N) is 1. The third-order valence-electron chi connectivity index (χ3n) is 5.12. The van der Waals surface area contributed by atoms with Crippen LogP contribution in [0, 0.1) is 0 Å². The summed E-state index contributed by atoms with van der Waals surface area (Å²) in [6, 6.07) is 20.2. The molecule has 0 saturated heterocycles. The average molecular weight is 427 g/mol. The Kier molecular flexibility index (Phi) is 5.80. The summed E-state index contributed by atoms with van der Waals surface area (Å²) in [7, 11) is -3.74. The lowest BCUT2D eigenvalue weighted by molar-refractivity contribution is -0.125. The van der Waals surface area contributed by atoms with Gasteiger partial charge in [0.05, 0.1) is 0 Å². The van der Waals surface area contributed by atoms with Gasteiger partial charge in [-0.25, -0.2) is 8.42 Å². The highest BCUT2D eigenvalue weighted by Crippen LogP contribution is 2.30. The molecule has 3 aromatic rings. The number of benzene rings is 2. The monoisotopic (exact) mass is 426 g/mol. The summed E-state index contributed by atoms with van der Waals surface area (Å²) < 4.78 is 28.1. The molecule has 4 rings (SSSR count). The highest BCUT2D eigenvalue weighted by atomic mass is 32.2. The summed E-state index contributed by atoms with van der Waals surface area (Å²) in [5.41, 5.74) is 3.10. The van der Waals surface area contributed by atoms with E-state index in [9.17, 15) is 13.2 Å². The fraction of sp³-hybridized carbons (Fsp3) is 0.227. The number of carbonyl (C=O) groups is 1. The molecule has 0 aliphatic carbocycles. The SMILES string of the molecule is O=C(NCCc1ccccc1)[C@H]1Cc2ccccc2CN1S(=O)(=O)c1cccs1. The van der Waals surface area contributed by atoms with E-state index < -0.39 is 16.1 Å². The number of carbonyl (C=O) groups excluding carboxylic acids is 1. The maximum absolute atomic E-state index is 13.2. The second-order valence-electron chi connectivity index (χ2n) is 7.00. The van der Waals surface area contributed by atoms with E-state index in [1.54, 1.807) is 17.5 Å². The van der Waals surface area contributed by atoms with Gasteiger partial charge in [0.15, 0.2) is 0 Å². The molecule has 0 saturated carbocycles. The van der Waals surface area contributed by atoms with Crippen molar-refractivity contribution in [2.24, 2.45) is 0 Å². The van der Waals surface area contributed by atoms with Crippen LogP contribution < -0.4 is 5.32 Å². The van der Waals surface area contributed by atoms with Crippen molar-refractivity contribution in [1.29, 1.82) is 0 Å². The van der Waals surface area contributed by atoms with Gasteiger partial charge in [-0.2, -0.15) is 4.31 Å². The van der Waals surface area contributed by atoms with E-state index in [1.807, 2.05) is 54.6 Å². The minimum atomic E-state index is -3.74. The Labute approximate surface area is 175 Å². The maximum atomic E-state index is 13.2. The number of rotatable bonds is 6. The van der Waals surface area contributed by atoms with Crippen LogP contribution in [0.4, 0.5) is 0 Å². The maximum Gasteiger partial charge on any atom is 0.253 e. The molecule has 1 atom stereocenters. The van der Waals surface area contributed by atoms with E-state index in [-0.39, 0.29) is 16.7 Å². The molecule has 0 unspecified atom stereocenters. The highest BCUT2D eigenvalue weighted by Gasteiger charge is 2.39. The van der Waals surface area contributed by atoms with Crippen LogP contribution in [0.2, 0.25) is 0 Å². The first-order valence-electron chi connectivity index (χ1n) is 9.49. The van der Waals surface area contributed by atoms with Crippen LogP contribution in [0.1, 0.15) is 16.7 Å². The van der Waals surface area contributed by atoms with E-state index >= 15 is 0 Å². The normalized spacial score (nSPS) is 16.9. The van der Waals surface area contributed by atoms with Gasteiger partial charge in [-0.1, -0.05) is 60.7 Å². The molecule has 0 bridgehead atoms. The quantitative estimate of drug-likeness (QED) is 0.658. The molecule has 5 nitrogen and oxygen atoms in total. The van der Waals surface area contributed by atoms with Crippen LogP contribution in [0.15, 0.2) is 76.3 Å². The largest absolute Gasteiger partial charge is 0.354 e. The van der Waals surface area contributed by atoms with E-state index in [1.165, 1.54) is 15.6 Å². The molecule has 1 N–H and O–H groups in total. The molecule has 0 radical (unpaired) electrons. The summed E-state index contributed by atoms with van der Waals surface area (Å²) in [5, 5.41) is 4.67. The molecular formula is C22H22N2O3S2. The van der Waals surface area contributed by atoms with Gasteiger partial charge in [-0.3, -0.25) is 4.79 Å². The first-order chi connectivity index (χ1) is 14.1. The number of hydrogen-bond acceptors (Lipinski definition) is 4. The van der Waals surface area contributed by atoms with E-state index in [4.69, 9.17) is 0 Å². The standard InChI is InChI=1S/C22H22N2O3S2/c25-22(23-13-12-17-7-2-1-3-8-17)20-15-18-9-4-5-10-19(18)16-24(20)29(26,27)21-11-6-14-28-21/h1-11,14,20H,12-13,15-16H2,(H,23,25)/t20-/m1/s1. The van der Waals surface area contributed by atoms with Gasteiger partial charge < -0.3 is 5.32 Å². The highest BCUT2D eigenvalue weighted by molar-refractivity contribution is 7.91. The Morgan fingerprint density at radius 2 is 1.72 bits per heavy atom. The van der Waals surface area contributed by atoms with Crippen molar-refractivity contribution in [3.8, 4) is 0 Å². The lowest BCUT2D eigenvalue weighted by Gasteiger charge is -2.34. The van der Waals surface area contributed by atoms with Crippen LogP contribution in [-0.2, 0) is 34.2 Å². The molecule has 7 heteroatoms. The summed E-state index contributed by atoms with van der Waals surface area (Å²) in [6.07, 6.45) is 1.07. The Bertz CT molecular complexity index is 1080. The average Bonchev–Trinajstić information content (AvgIpc) is 3.29. The van der Waals surface area contributed by atoms with Gasteiger partial charge >= 0.3 is 0 Å². The topological polar surface area (TPSA) is 66.5 Å². The van der Waals surface area contributed by atoms with E-state index in [0.717, 1.165) is 16.7 Å². The Morgan fingerprint density at radius 3 is 2.45 bits per heavy atom. The Balaban J connectivity index is 1.55. The van der Waals surface area contributed by atoms with Crippen molar-refractivity contribution in [3.63, 3.8) is 0 Å². The van der Waals surface area contributed by atoms with Gasteiger partial charge in [0.1, 0.15) is 10.3 Å². The molecule has 150 valence electrons. The fourth-order valence-corrected chi connectivity index (χ4v) is 6.28. The van der Waals surface area contributed by atoms with E-state index in [0.29, 0.717) is 19.4 Å². The summed E-state index contributed by atoms with van der Waals surface area (Å²) in [4.78, 5) is 13.0.